The van der Waals surface area contributed by atoms with E-state index in [-0.39, 0.29) is 23.7 Å². The smallest absolute Gasteiger partial charge is 0.382 e. The van der Waals surface area contributed by atoms with Crippen molar-refractivity contribution in [1.29, 1.82) is 0 Å². The predicted molar refractivity (Wildman–Crippen MR) is 93.7 cm³/mol. The molecule has 128 valence electrons. The second-order valence-corrected chi connectivity index (χ2v) is 5.93. The van der Waals surface area contributed by atoms with E-state index in [1.54, 1.807) is 0 Å². The van der Waals surface area contributed by atoms with Gasteiger partial charge in [-0.15, -0.1) is 0 Å². The molecule has 0 fully saturated rings. The lowest BCUT2D eigenvalue weighted by atomic mass is 10.1. The quantitative estimate of drug-likeness (QED) is 0.610. The Labute approximate surface area is 140 Å². The van der Waals surface area contributed by atoms with Crippen LogP contribution in [-0.4, -0.2) is 16.8 Å². The molecule has 0 aliphatic heterocycles. The highest BCUT2D eigenvalue weighted by atomic mass is 16.5. The van der Waals surface area contributed by atoms with Crippen LogP contribution in [0.15, 0.2) is 50.7 Å². The van der Waals surface area contributed by atoms with E-state index in [2.05, 4.69) is 19.9 Å². The normalized spacial score (nSPS) is 11.5. The highest BCUT2D eigenvalue weighted by molar-refractivity contribution is 5.86. The van der Waals surface area contributed by atoms with E-state index in [9.17, 15) is 15.0 Å². The topological polar surface area (TPSA) is 79.9 Å². The number of phenols is 1. The molecule has 0 amide bonds. The standard InChI is InChI=1S/C19H22O5/c1-12(2)5-4-6-13(3)9-10-23-18-15-8-7-14(20)11-16(15)24-19(22)17(18)21/h5,7-9,11,20-21H,4,6,10H2,1-3H3. The van der Waals surface area contributed by atoms with Gasteiger partial charge in [-0.05, 0) is 51.8 Å². The number of hydrogen-bond donors (Lipinski definition) is 2. The van der Waals surface area contributed by atoms with Crippen LogP contribution in [-0.2, 0) is 0 Å². The van der Waals surface area contributed by atoms with E-state index >= 15 is 0 Å². The lowest BCUT2D eigenvalue weighted by Gasteiger charge is -2.09. The predicted octanol–water partition coefficient (Wildman–Crippen LogP) is 4.28. The molecule has 1 aromatic carbocycles. The molecule has 24 heavy (non-hydrogen) atoms. The Hall–Kier alpha value is -2.69. The van der Waals surface area contributed by atoms with Crippen LogP contribution >= 0.6 is 0 Å². The zero-order valence-electron chi connectivity index (χ0n) is 14.1. The molecule has 0 radical (unpaired) electrons. The molecule has 0 unspecified atom stereocenters. The number of aromatic hydroxyl groups is 2. The van der Waals surface area contributed by atoms with Gasteiger partial charge < -0.3 is 19.4 Å². The van der Waals surface area contributed by atoms with Gasteiger partial charge in [0.1, 0.15) is 17.9 Å². The molecule has 5 nitrogen and oxygen atoms in total. The van der Waals surface area contributed by atoms with Crippen molar-refractivity contribution in [2.75, 3.05) is 6.61 Å². The Morgan fingerprint density at radius 1 is 1.21 bits per heavy atom. The Morgan fingerprint density at radius 2 is 1.96 bits per heavy atom. The Morgan fingerprint density at radius 3 is 2.67 bits per heavy atom. The molecule has 0 atom stereocenters. The van der Waals surface area contributed by atoms with Gasteiger partial charge >= 0.3 is 5.63 Å². The summed E-state index contributed by atoms with van der Waals surface area (Å²) in [5.41, 5.74) is 1.72. The summed E-state index contributed by atoms with van der Waals surface area (Å²) in [4.78, 5) is 11.7. The van der Waals surface area contributed by atoms with Gasteiger partial charge in [0.2, 0.25) is 5.75 Å². The summed E-state index contributed by atoms with van der Waals surface area (Å²) >= 11 is 0. The molecule has 0 aliphatic carbocycles. The van der Waals surface area contributed by atoms with Gasteiger partial charge in [0.25, 0.3) is 0 Å². The fourth-order valence-corrected chi connectivity index (χ4v) is 2.26. The monoisotopic (exact) mass is 330 g/mol. The molecule has 0 spiro atoms. The molecule has 5 heteroatoms. The summed E-state index contributed by atoms with van der Waals surface area (Å²) < 4.78 is 10.5. The van der Waals surface area contributed by atoms with E-state index < -0.39 is 11.4 Å². The van der Waals surface area contributed by atoms with E-state index in [4.69, 9.17) is 9.15 Å². The first-order valence-corrected chi connectivity index (χ1v) is 7.79. The van der Waals surface area contributed by atoms with Gasteiger partial charge in [0.05, 0.1) is 5.39 Å². The first kappa shape index (κ1) is 17.7. The third-order valence-corrected chi connectivity index (χ3v) is 3.57. The van der Waals surface area contributed by atoms with E-state index in [0.717, 1.165) is 18.4 Å². The Bertz CT molecular complexity index is 839. The first-order valence-electron chi connectivity index (χ1n) is 7.79. The van der Waals surface area contributed by atoms with Crippen LogP contribution in [0.5, 0.6) is 17.2 Å². The van der Waals surface area contributed by atoms with Crippen molar-refractivity contribution in [3.05, 3.63) is 51.9 Å². The van der Waals surface area contributed by atoms with Gasteiger partial charge in [-0.1, -0.05) is 17.2 Å². The van der Waals surface area contributed by atoms with Crippen LogP contribution in [0.1, 0.15) is 33.6 Å². The molecule has 2 N–H and O–H groups in total. The van der Waals surface area contributed by atoms with Crippen LogP contribution < -0.4 is 10.4 Å². The molecular formula is C19H22O5. The zero-order valence-corrected chi connectivity index (χ0v) is 14.1. The SMILES string of the molecule is CC(C)=CCCC(C)=CCOc1c(O)c(=O)oc2cc(O)ccc12. The summed E-state index contributed by atoms with van der Waals surface area (Å²) in [5.74, 6) is -0.532. The van der Waals surface area contributed by atoms with Gasteiger partial charge in [0, 0.05) is 6.07 Å². The lowest BCUT2D eigenvalue weighted by Crippen LogP contribution is -2.04. The van der Waals surface area contributed by atoms with E-state index in [0.29, 0.717) is 5.39 Å². The average molecular weight is 330 g/mol. The Balaban J connectivity index is 2.16. The summed E-state index contributed by atoms with van der Waals surface area (Å²) in [6.07, 6.45) is 5.98. The maximum absolute atomic E-state index is 11.7. The lowest BCUT2D eigenvalue weighted by molar-refractivity contribution is 0.327. The number of allylic oxidation sites excluding steroid dienone is 3. The molecule has 0 bridgehead atoms. The Kier molecular flexibility index (Phi) is 5.68. The summed E-state index contributed by atoms with van der Waals surface area (Å²) in [7, 11) is 0. The minimum atomic E-state index is -0.896. The van der Waals surface area contributed by atoms with Crippen molar-refractivity contribution in [3.8, 4) is 17.2 Å². The summed E-state index contributed by atoms with van der Waals surface area (Å²) in [6.45, 7) is 6.37. The van der Waals surface area contributed by atoms with Crippen molar-refractivity contribution >= 4 is 11.0 Å². The molecule has 2 aromatic rings. The highest BCUT2D eigenvalue weighted by Crippen LogP contribution is 2.33. The maximum atomic E-state index is 11.7. The molecule has 0 saturated carbocycles. The van der Waals surface area contributed by atoms with Crippen LogP contribution in [0.3, 0.4) is 0 Å². The van der Waals surface area contributed by atoms with Crippen molar-refractivity contribution < 1.29 is 19.4 Å². The average Bonchev–Trinajstić information content (AvgIpc) is 2.50. The number of hydrogen-bond acceptors (Lipinski definition) is 5. The van der Waals surface area contributed by atoms with Crippen molar-refractivity contribution in [3.63, 3.8) is 0 Å². The fourth-order valence-electron chi connectivity index (χ4n) is 2.26. The van der Waals surface area contributed by atoms with Crippen LogP contribution in [0.4, 0.5) is 0 Å². The highest BCUT2D eigenvalue weighted by Gasteiger charge is 2.15. The molecule has 0 saturated heterocycles. The number of phenolic OH excluding ortho intramolecular Hbond substituents is 1. The van der Waals surface area contributed by atoms with Crippen molar-refractivity contribution in [2.24, 2.45) is 0 Å². The van der Waals surface area contributed by atoms with E-state index in [1.807, 2.05) is 13.0 Å². The molecule has 1 heterocycles. The van der Waals surface area contributed by atoms with Crippen molar-refractivity contribution in [1.82, 2.24) is 0 Å². The fraction of sp³-hybridized carbons (Fsp3) is 0.316. The van der Waals surface area contributed by atoms with Gasteiger partial charge in [0.15, 0.2) is 5.75 Å². The second-order valence-electron chi connectivity index (χ2n) is 5.93. The molecule has 1 aromatic heterocycles. The van der Waals surface area contributed by atoms with Crippen LogP contribution in [0.2, 0.25) is 0 Å². The minimum Gasteiger partial charge on any atom is -0.508 e. The number of fused-ring (bicyclic) bond motifs is 1. The summed E-state index contributed by atoms with van der Waals surface area (Å²) in [6, 6.07) is 4.28. The number of benzene rings is 1. The second kappa shape index (κ2) is 7.73. The molecular weight excluding hydrogens is 308 g/mol. The largest absolute Gasteiger partial charge is 0.508 e. The number of rotatable bonds is 6. The van der Waals surface area contributed by atoms with Gasteiger partial charge in [-0.3, -0.25) is 0 Å². The zero-order chi connectivity index (χ0) is 17.7. The van der Waals surface area contributed by atoms with Gasteiger partial charge in [-0.2, -0.15) is 0 Å². The third kappa shape index (κ3) is 4.41. The van der Waals surface area contributed by atoms with Gasteiger partial charge in [-0.25, -0.2) is 4.79 Å². The van der Waals surface area contributed by atoms with Crippen LogP contribution in [0.25, 0.3) is 11.0 Å². The minimum absolute atomic E-state index is 0.0303. The van der Waals surface area contributed by atoms with Crippen molar-refractivity contribution in [2.45, 2.75) is 33.6 Å². The van der Waals surface area contributed by atoms with Crippen LogP contribution in [0, 0.1) is 0 Å². The molecule has 2 rings (SSSR count). The number of ether oxygens (including phenoxy) is 1. The maximum Gasteiger partial charge on any atom is 0.382 e. The first-order chi connectivity index (χ1) is 11.4. The summed E-state index contributed by atoms with van der Waals surface area (Å²) in [5, 5.41) is 19.8. The third-order valence-electron chi connectivity index (χ3n) is 3.57. The van der Waals surface area contributed by atoms with E-state index in [1.165, 1.54) is 23.8 Å². The molecule has 0 aliphatic rings.